The maximum Gasteiger partial charge on any atom is 0.0786 e. The molecule has 0 amide bonds. The average molecular weight is 493 g/mol. The van der Waals surface area contributed by atoms with Gasteiger partial charge >= 0.3 is 0 Å². The van der Waals surface area contributed by atoms with Crippen LogP contribution in [0, 0.1) is 0 Å². The van der Waals surface area contributed by atoms with Crippen LogP contribution in [-0.2, 0) is 0 Å². The van der Waals surface area contributed by atoms with Crippen LogP contribution < -0.4 is 0 Å². The zero-order valence-electron chi connectivity index (χ0n) is 25.2. The highest BCUT2D eigenvalue weighted by molar-refractivity contribution is 4.65. The zero-order chi connectivity index (χ0) is 25.7. The highest BCUT2D eigenvalue weighted by atomic mass is 15.3. The summed E-state index contributed by atoms with van der Waals surface area (Å²) >= 11 is 0. The Kier molecular flexibility index (Phi) is 28.0. The fraction of sp³-hybridized carbons (Fsp3) is 0.941. The summed E-state index contributed by atoms with van der Waals surface area (Å²) in [4.78, 5) is 0. The van der Waals surface area contributed by atoms with Gasteiger partial charge in [-0.15, -0.1) is 6.58 Å². The summed E-state index contributed by atoms with van der Waals surface area (Å²) in [5, 5.41) is 0. The van der Waals surface area contributed by atoms with Crippen molar-refractivity contribution in [3.8, 4) is 0 Å². The minimum Gasteiger partial charge on any atom is -0.324 e. The van der Waals surface area contributed by atoms with Crippen molar-refractivity contribution in [1.82, 2.24) is 0 Å². The molecule has 0 saturated heterocycles. The van der Waals surface area contributed by atoms with Gasteiger partial charge in [0.25, 0.3) is 0 Å². The van der Waals surface area contributed by atoms with Gasteiger partial charge in [-0.25, -0.2) is 0 Å². The van der Waals surface area contributed by atoms with E-state index in [4.69, 9.17) is 0 Å². The third kappa shape index (κ3) is 23.8. The summed E-state index contributed by atoms with van der Waals surface area (Å²) in [6, 6.07) is 0. The van der Waals surface area contributed by atoms with Gasteiger partial charge in [-0.2, -0.15) is 0 Å². The van der Waals surface area contributed by atoms with Gasteiger partial charge < -0.3 is 4.48 Å². The molecule has 1 nitrogen and oxygen atoms in total. The molecule has 0 aromatic rings. The summed E-state index contributed by atoms with van der Waals surface area (Å²) < 4.78 is 1.46. The summed E-state index contributed by atoms with van der Waals surface area (Å²) in [6.45, 7) is 16.7. The van der Waals surface area contributed by atoms with Crippen molar-refractivity contribution < 1.29 is 4.48 Å². The summed E-state index contributed by atoms with van der Waals surface area (Å²) in [5.74, 6) is 0. The minimum atomic E-state index is 1.20. The van der Waals surface area contributed by atoms with Crippen molar-refractivity contribution in [2.24, 2.45) is 0 Å². The minimum absolute atomic E-state index is 1.20. The molecule has 0 heterocycles. The fourth-order valence-corrected chi connectivity index (χ4v) is 5.80. The molecule has 0 N–H and O–H groups in total. The van der Waals surface area contributed by atoms with E-state index >= 15 is 0 Å². The van der Waals surface area contributed by atoms with Gasteiger partial charge in [-0.3, -0.25) is 0 Å². The fourth-order valence-electron chi connectivity index (χ4n) is 5.80. The lowest BCUT2D eigenvalue weighted by Gasteiger charge is -2.40. The summed E-state index contributed by atoms with van der Waals surface area (Å²) in [6.07, 6.45) is 37.8. The quantitative estimate of drug-likeness (QED) is 0.0531. The topological polar surface area (TPSA) is 0 Å². The SMILES string of the molecule is C=CCCCCCCCC[N+](CCCCCCCC)(CCCCCCCC)CCCCCCCC. The van der Waals surface area contributed by atoms with Gasteiger partial charge in [0.1, 0.15) is 0 Å². The lowest BCUT2D eigenvalue weighted by atomic mass is 10.0. The van der Waals surface area contributed by atoms with Gasteiger partial charge in [0.15, 0.2) is 0 Å². The first-order valence-electron chi connectivity index (χ1n) is 16.7. The highest BCUT2D eigenvalue weighted by Gasteiger charge is 2.25. The molecule has 0 saturated carbocycles. The number of quaternary nitrogens is 1. The van der Waals surface area contributed by atoms with Crippen LogP contribution in [0.15, 0.2) is 12.7 Å². The molecule has 0 spiro atoms. The van der Waals surface area contributed by atoms with Crippen LogP contribution in [-0.4, -0.2) is 30.7 Å². The first kappa shape index (κ1) is 34.7. The van der Waals surface area contributed by atoms with Gasteiger partial charge in [-0.1, -0.05) is 123 Å². The van der Waals surface area contributed by atoms with Crippen LogP contribution in [0.3, 0.4) is 0 Å². The van der Waals surface area contributed by atoms with Crippen LogP contribution in [0.5, 0.6) is 0 Å². The standard InChI is InChI=1S/C34H70N/c1-5-9-13-17-21-22-26-30-34-35(31-27-23-18-14-10-6-2,32-28-24-19-15-11-7-3)33-29-25-20-16-12-8-4/h5H,1,6-34H2,2-4H3/q+1. The Hall–Kier alpha value is -0.300. The highest BCUT2D eigenvalue weighted by Crippen LogP contribution is 2.21. The molecular weight excluding hydrogens is 422 g/mol. The van der Waals surface area contributed by atoms with Crippen LogP contribution in [0.2, 0.25) is 0 Å². The molecule has 0 unspecified atom stereocenters. The number of hydrogen-bond acceptors (Lipinski definition) is 0. The van der Waals surface area contributed by atoms with E-state index in [2.05, 4.69) is 33.4 Å². The number of unbranched alkanes of at least 4 members (excludes halogenated alkanes) is 21. The van der Waals surface area contributed by atoms with E-state index in [0.29, 0.717) is 0 Å². The maximum absolute atomic E-state index is 3.87. The molecule has 0 aliphatic rings. The molecule has 0 atom stereocenters. The summed E-state index contributed by atoms with van der Waals surface area (Å²) in [5.41, 5.74) is 0. The number of nitrogens with zero attached hydrogens (tertiary/aromatic N) is 1. The first-order valence-corrected chi connectivity index (χ1v) is 16.7. The van der Waals surface area contributed by atoms with E-state index in [0.717, 1.165) is 0 Å². The molecule has 0 aromatic carbocycles. The molecular formula is C34H70N+. The van der Waals surface area contributed by atoms with Crippen LogP contribution in [0.4, 0.5) is 0 Å². The second-order valence-corrected chi connectivity index (χ2v) is 11.7. The Morgan fingerprint density at radius 3 is 0.914 bits per heavy atom. The van der Waals surface area contributed by atoms with Crippen molar-refractivity contribution in [1.29, 1.82) is 0 Å². The molecule has 0 rings (SSSR count). The van der Waals surface area contributed by atoms with Crippen molar-refractivity contribution >= 4 is 0 Å². The van der Waals surface area contributed by atoms with Crippen molar-refractivity contribution in [3.63, 3.8) is 0 Å². The van der Waals surface area contributed by atoms with Crippen molar-refractivity contribution in [2.45, 2.75) is 181 Å². The van der Waals surface area contributed by atoms with Gasteiger partial charge in [-0.05, 0) is 64.2 Å². The van der Waals surface area contributed by atoms with Crippen molar-refractivity contribution in [2.75, 3.05) is 26.2 Å². The normalized spacial score (nSPS) is 11.9. The largest absolute Gasteiger partial charge is 0.324 e. The lowest BCUT2D eigenvalue weighted by molar-refractivity contribution is -0.929. The number of allylic oxidation sites excluding steroid dienone is 1. The number of hydrogen-bond donors (Lipinski definition) is 0. The van der Waals surface area contributed by atoms with Crippen molar-refractivity contribution in [3.05, 3.63) is 12.7 Å². The second-order valence-electron chi connectivity index (χ2n) is 11.7. The molecule has 1 heteroatoms. The zero-order valence-corrected chi connectivity index (χ0v) is 25.2. The monoisotopic (exact) mass is 493 g/mol. The molecule has 0 aromatic heterocycles. The molecule has 0 aliphatic carbocycles. The third-order valence-corrected chi connectivity index (χ3v) is 8.25. The van der Waals surface area contributed by atoms with Gasteiger partial charge in [0.05, 0.1) is 26.2 Å². The molecule has 35 heavy (non-hydrogen) atoms. The van der Waals surface area contributed by atoms with E-state index in [9.17, 15) is 0 Å². The molecule has 0 bridgehead atoms. The van der Waals surface area contributed by atoms with Crippen LogP contribution in [0.25, 0.3) is 0 Å². The van der Waals surface area contributed by atoms with E-state index in [-0.39, 0.29) is 0 Å². The van der Waals surface area contributed by atoms with Gasteiger partial charge in [0, 0.05) is 0 Å². The van der Waals surface area contributed by atoms with E-state index < -0.39 is 0 Å². The molecule has 0 fully saturated rings. The Bertz CT molecular complexity index is 361. The Morgan fingerprint density at radius 2 is 0.629 bits per heavy atom. The van der Waals surface area contributed by atoms with E-state index in [1.807, 2.05) is 0 Å². The second kappa shape index (κ2) is 28.3. The van der Waals surface area contributed by atoms with E-state index in [1.165, 1.54) is 191 Å². The third-order valence-electron chi connectivity index (χ3n) is 8.25. The Balaban J connectivity index is 4.75. The molecule has 210 valence electrons. The molecule has 0 aliphatic heterocycles. The first-order chi connectivity index (χ1) is 17.2. The van der Waals surface area contributed by atoms with Gasteiger partial charge in [0.2, 0.25) is 0 Å². The Morgan fingerprint density at radius 1 is 0.371 bits per heavy atom. The molecule has 0 radical (unpaired) electrons. The lowest BCUT2D eigenvalue weighted by Crippen LogP contribution is -2.50. The predicted molar refractivity (Wildman–Crippen MR) is 162 cm³/mol. The summed E-state index contributed by atoms with van der Waals surface area (Å²) in [7, 11) is 0. The maximum atomic E-state index is 3.87. The Labute approximate surface area is 224 Å². The van der Waals surface area contributed by atoms with Crippen LogP contribution in [0.1, 0.15) is 181 Å². The predicted octanol–water partition coefficient (Wildman–Crippen LogP) is 11.8. The smallest absolute Gasteiger partial charge is 0.0786 e. The average Bonchev–Trinajstić information content (AvgIpc) is 2.87. The number of rotatable bonds is 30. The van der Waals surface area contributed by atoms with Crippen LogP contribution >= 0.6 is 0 Å². The van der Waals surface area contributed by atoms with E-state index in [1.54, 1.807) is 0 Å².